The molecule has 1 atom stereocenters. The van der Waals surface area contributed by atoms with Crippen molar-refractivity contribution in [2.24, 2.45) is 5.92 Å². The van der Waals surface area contributed by atoms with E-state index in [-0.39, 0.29) is 23.2 Å². The van der Waals surface area contributed by atoms with Gasteiger partial charge in [0.1, 0.15) is 6.04 Å². The fourth-order valence-corrected chi connectivity index (χ4v) is 3.77. The molecule has 1 heterocycles. The van der Waals surface area contributed by atoms with E-state index in [1.54, 1.807) is 19.1 Å². The number of anilines is 1. The van der Waals surface area contributed by atoms with E-state index in [0.29, 0.717) is 18.0 Å². The van der Waals surface area contributed by atoms with Gasteiger partial charge in [-0.25, -0.2) is 13.1 Å². The molecule has 1 aromatic rings. The van der Waals surface area contributed by atoms with Crippen molar-refractivity contribution in [2.45, 2.75) is 43.5 Å². The zero-order chi connectivity index (χ0) is 19.9. The molecule has 0 saturated carbocycles. The monoisotopic (exact) mass is 432 g/mol. The number of nitrogens with one attached hydrogen (secondary N) is 4. The molecule has 1 fully saturated rings. The van der Waals surface area contributed by atoms with Crippen molar-refractivity contribution in [3.05, 3.63) is 24.3 Å². The Hall–Kier alpha value is -1.68. The number of sulfonamides is 1. The van der Waals surface area contributed by atoms with Crippen LogP contribution in [0.25, 0.3) is 0 Å². The molecule has 10 heteroatoms. The third-order valence-corrected chi connectivity index (χ3v) is 6.10. The standard InChI is InChI=1S/C18H28N4O4S.ClH/c1-13(21-17(23)7-6-14-8-10-20-11-9-14)18(24)22-15-4-3-5-16(12-15)27(25,26)19-2;/h3-5,12-14,19-20H,6-11H2,1-2H3,(H,21,23)(H,22,24);1H. The lowest BCUT2D eigenvalue weighted by Gasteiger charge is -2.22. The first-order valence-corrected chi connectivity index (χ1v) is 10.6. The van der Waals surface area contributed by atoms with Crippen LogP contribution in [0.4, 0.5) is 5.69 Å². The summed E-state index contributed by atoms with van der Waals surface area (Å²) in [5, 5.41) is 8.63. The number of rotatable bonds is 8. The highest BCUT2D eigenvalue weighted by Crippen LogP contribution is 2.18. The third kappa shape index (κ3) is 7.38. The summed E-state index contributed by atoms with van der Waals surface area (Å²) in [6, 6.07) is 5.23. The fraction of sp³-hybridized carbons (Fsp3) is 0.556. The van der Waals surface area contributed by atoms with Crippen molar-refractivity contribution in [2.75, 3.05) is 25.5 Å². The molecule has 4 N–H and O–H groups in total. The molecule has 0 aliphatic carbocycles. The average molecular weight is 433 g/mol. The number of benzene rings is 1. The molecule has 0 aromatic heterocycles. The normalized spacial score (nSPS) is 15.9. The predicted molar refractivity (Wildman–Crippen MR) is 111 cm³/mol. The van der Waals surface area contributed by atoms with Crippen LogP contribution in [0.3, 0.4) is 0 Å². The molecule has 1 aliphatic rings. The maximum Gasteiger partial charge on any atom is 0.246 e. The molecule has 2 amide bonds. The smallest absolute Gasteiger partial charge is 0.246 e. The van der Waals surface area contributed by atoms with Crippen molar-refractivity contribution in [1.82, 2.24) is 15.4 Å². The van der Waals surface area contributed by atoms with Crippen molar-refractivity contribution in [1.29, 1.82) is 0 Å². The summed E-state index contributed by atoms with van der Waals surface area (Å²) < 4.78 is 25.9. The maximum atomic E-state index is 12.3. The average Bonchev–Trinajstić information content (AvgIpc) is 2.67. The lowest BCUT2D eigenvalue weighted by atomic mass is 9.93. The minimum atomic E-state index is -3.59. The van der Waals surface area contributed by atoms with E-state index in [9.17, 15) is 18.0 Å². The highest BCUT2D eigenvalue weighted by atomic mass is 35.5. The second-order valence-corrected chi connectivity index (χ2v) is 8.63. The number of carbonyl (C=O) groups is 2. The Bertz CT molecular complexity index is 767. The van der Waals surface area contributed by atoms with E-state index < -0.39 is 22.0 Å². The Morgan fingerprint density at radius 2 is 1.93 bits per heavy atom. The van der Waals surface area contributed by atoms with Gasteiger partial charge >= 0.3 is 0 Å². The minimum Gasteiger partial charge on any atom is -0.345 e. The number of amides is 2. The second-order valence-electron chi connectivity index (χ2n) is 6.75. The van der Waals surface area contributed by atoms with Gasteiger partial charge in [-0.1, -0.05) is 6.07 Å². The molecule has 1 saturated heterocycles. The van der Waals surface area contributed by atoms with E-state index in [0.717, 1.165) is 32.4 Å². The van der Waals surface area contributed by atoms with Gasteiger partial charge in [0, 0.05) is 12.1 Å². The van der Waals surface area contributed by atoms with Crippen molar-refractivity contribution < 1.29 is 18.0 Å². The van der Waals surface area contributed by atoms with Gasteiger partial charge in [0.2, 0.25) is 21.8 Å². The molecule has 1 aliphatic heterocycles. The Morgan fingerprint density at radius 3 is 2.57 bits per heavy atom. The molecule has 8 nitrogen and oxygen atoms in total. The molecule has 0 spiro atoms. The van der Waals surface area contributed by atoms with E-state index in [1.165, 1.54) is 19.2 Å². The summed E-state index contributed by atoms with van der Waals surface area (Å²) in [6.07, 6.45) is 3.38. The Morgan fingerprint density at radius 1 is 1.25 bits per heavy atom. The molecule has 158 valence electrons. The largest absolute Gasteiger partial charge is 0.345 e. The van der Waals surface area contributed by atoms with Crippen LogP contribution in [0, 0.1) is 5.92 Å². The lowest BCUT2D eigenvalue weighted by Crippen LogP contribution is -2.41. The van der Waals surface area contributed by atoms with Crippen LogP contribution < -0.4 is 20.7 Å². The first-order chi connectivity index (χ1) is 12.8. The molecule has 1 unspecified atom stereocenters. The first kappa shape index (κ1) is 24.4. The van der Waals surface area contributed by atoms with Gasteiger partial charge in [-0.15, -0.1) is 12.4 Å². The van der Waals surface area contributed by atoms with E-state index in [1.807, 2.05) is 0 Å². The zero-order valence-corrected chi connectivity index (χ0v) is 17.8. The van der Waals surface area contributed by atoms with Gasteiger partial charge in [-0.3, -0.25) is 9.59 Å². The maximum absolute atomic E-state index is 12.3. The van der Waals surface area contributed by atoms with E-state index in [4.69, 9.17) is 0 Å². The number of halogens is 1. The number of hydrogen-bond acceptors (Lipinski definition) is 5. The van der Waals surface area contributed by atoms with Gasteiger partial charge < -0.3 is 16.0 Å². The van der Waals surface area contributed by atoms with Crippen LogP contribution in [0.1, 0.15) is 32.6 Å². The van der Waals surface area contributed by atoms with Crippen molar-refractivity contribution in [3.63, 3.8) is 0 Å². The Kier molecular flexibility index (Phi) is 9.88. The summed E-state index contributed by atoms with van der Waals surface area (Å²) in [4.78, 5) is 24.4. The number of piperidine rings is 1. The minimum absolute atomic E-state index is 0. The lowest BCUT2D eigenvalue weighted by molar-refractivity contribution is -0.126. The molecular formula is C18H29ClN4O4S. The Labute approximate surface area is 172 Å². The van der Waals surface area contributed by atoms with Crippen LogP contribution in [0.2, 0.25) is 0 Å². The van der Waals surface area contributed by atoms with E-state index >= 15 is 0 Å². The summed E-state index contributed by atoms with van der Waals surface area (Å²) in [7, 11) is -2.27. The van der Waals surface area contributed by atoms with E-state index in [2.05, 4.69) is 20.7 Å². The van der Waals surface area contributed by atoms with Crippen molar-refractivity contribution >= 4 is 39.9 Å². The summed E-state index contributed by atoms with van der Waals surface area (Å²) >= 11 is 0. The summed E-state index contributed by atoms with van der Waals surface area (Å²) in [5.41, 5.74) is 0.354. The molecular weight excluding hydrogens is 404 g/mol. The summed E-state index contributed by atoms with van der Waals surface area (Å²) in [6.45, 7) is 3.59. The van der Waals surface area contributed by atoms with Gasteiger partial charge in [0.25, 0.3) is 0 Å². The highest BCUT2D eigenvalue weighted by molar-refractivity contribution is 7.89. The van der Waals surface area contributed by atoms with Crippen molar-refractivity contribution in [3.8, 4) is 0 Å². The van der Waals surface area contributed by atoms with Crippen LogP contribution in [0.15, 0.2) is 29.2 Å². The van der Waals surface area contributed by atoms with Crippen LogP contribution in [-0.2, 0) is 19.6 Å². The molecule has 0 radical (unpaired) electrons. The second kappa shape index (κ2) is 11.4. The number of carbonyl (C=O) groups excluding carboxylic acids is 2. The van der Waals surface area contributed by atoms with Crippen LogP contribution >= 0.6 is 12.4 Å². The molecule has 28 heavy (non-hydrogen) atoms. The van der Waals surface area contributed by atoms with Crippen LogP contribution in [-0.4, -0.2) is 46.4 Å². The quantitative estimate of drug-likeness (QED) is 0.493. The SMILES string of the molecule is CNS(=O)(=O)c1cccc(NC(=O)C(C)NC(=O)CCC2CCNCC2)c1.Cl. The Balaban J connectivity index is 0.00000392. The topological polar surface area (TPSA) is 116 Å². The predicted octanol–water partition coefficient (Wildman–Crippen LogP) is 1.24. The van der Waals surface area contributed by atoms with Gasteiger partial charge in [0.15, 0.2) is 0 Å². The third-order valence-electron chi connectivity index (χ3n) is 4.69. The first-order valence-electron chi connectivity index (χ1n) is 9.16. The van der Waals surface area contributed by atoms with Gasteiger partial charge in [0.05, 0.1) is 4.90 Å². The molecule has 0 bridgehead atoms. The highest BCUT2D eigenvalue weighted by Gasteiger charge is 2.19. The molecule has 1 aromatic carbocycles. The zero-order valence-electron chi connectivity index (χ0n) is 16.2. The van der Waals surface area contributed by atoms with Gasteiger partial charge in [-0.05, 0) is 70.4 Å². The fourth-order valence-electron chi connectivity index (χ4n) is 2.99. The summed E-state index contributed by atoms with van der Waals surface area (Å²) in [5.74, 6) is 0.00455. The van der Waals surface area contributed by atoms with Crippen LogP contribution in [0.5, 0.6) is 0 Å². The molecule has 2 rings (SSSR count). The number of hydrogen-bond donors (Lipinski definition) is 4. The van der Waals surface area contributed by atoms with Gasteiger partial charge in [-0.2, -0.15) is 0 Å².